The Morgan fingerprint density at radius 2 is 1.76 bits per heavy atom. The second kappa shape index (κ2) is 4.10. The molecule has 0 aromatic rings. The van der Waals surface area contributed by atoms with Crippen molar-refractivity contribution in [3.05, 3.63) is 0 Å². The van der Waals surface area contributed by atoms with Crippen molar-refractivity contribution in [2.75, 3.05) is 0 Å². The van der Waals surface area contributed by atoms with Crippen molar-refractivity contribution in [3.63, 3.8) is 0 Å². The predicted molar refractivity (Wildman–Crippen MR) is 50.6 cm³/mol. The molecule has 0 bridgehead atoms. The minimum Gasteiger partial charge on any atom is -0.347 e. The summed E-state index contributed by atoms with van der Waals surface area (Å²) in [4.78, 5) is 11.0. The smallest absolute Gasteiger partial charge is 0.347 e. The zero-order valence-electron chi connectivity index (χ0n) is 9.50. The Morgan fingerprint density at radius 3 is 2.12 bits per heavy atom. The van der Waals surface area contributed by atoms with Gasteiger partial charge in [-0.3, -0.25) is 4.79 Å². The average molecular weight is 259 g/mol. The lowest BCUT2D eigenvalue weighted by atomic mass is 9.87. The summed E-state index contributed by atoms with van der Waals surface area (Å²) in [6.07, 6.45) is -4.03. The number of halogens is 5. The lowest BCUT2D eigenvalue weighted by Crippen LogP contribution is -2.54. The van der Waals surface area contributed by atoms with Crippen LogP contribution in [0.2, 0.25) is 0 Å². The molecule has 0 aromatic heterocycles. The maximum absolute atomic E-state index is 12.7. The zero-order chi connectivity index (χ0) is 13.5. The van der Waals surface area contributed by atoms with E-state index in [1.807, 2.05) is 5.32 Å². The molecule has 0 aromatic carbocycles. The number of amides is 1. The molecule has 0 spiro atoms. The number of hydrogen-bond acceptors (Lipinski definition) is 1. The van der Waals surface area contributed by atoms with Crippen LogP contribution in [0.5, 0.6) is 0 Å². The van der Waals surface area contributed by atoms with Gasteiger partial charge in [0.15, 0.2) is 0 Å². The van der Waals surface area contributed by atoms with Crippen molar-refractivity contribution < 1.29 is 26.7 Å². The lowest BCUT2D eigenvalue weighted by molar-refractivity contribution is -0.270. The summed E-state index contributed by atoms with van der Waals surface area (Å²) in [7, 11) is 0. The molecule has 1 unspecified atom stereocenters. The summed E-state index contributed by atoms with van der Waals surface area (Å²) in [6, 6.07) is -0.636. The molecule has 100 valence electrons. The highest BCUT2D eigenvalue weighted by Gasteiger charge is 2.64. The summed E-state index contributed by atoms with van der Waals surface area (Å²) >= 11 is 0. The highest BCUT2D eigenvalue weighted by molar-refractivity contribution is 5.84. The molecule has 1 fully saturated rings. The molecule has 0 heterocycles. The van der Waals surface area contributed by atoms with Gasteiger partial charge in [-0.15, -0.1) is 0 Å². The molecule has 7 heteroatoms. The van der Waals surface area contributed by atoms with Crippen LogP contribution < -0.4 is 5.32 Å². The van der Waals surface area contributed by atoms with Crippen LogP contribution in [0.3, 0.4) is 0 Å². The van der Waals surface area contributed by atoms with Gasteiger partial charge in [-0.2, -0.15) is 22.0 Å². The molecule has 0 saturated heterocycles. The third kappa shape index (κ3) is 2.69. The van der Waals surface area contributed by atoms with Crippen LogP contribution in [0.4, 0.5) is 22.0 Å². The third-order valence-electron chi connectivity index (χ3n) is 3.20. The average Bonchev–Trinajstić information content (AvgIpc) is 2.43. The van der Waals surface area contributed by atoms with Crippen LogP contribution >= 0.6 is 0 Å². The molecule has 1 saturated carbocycles. The Morgan fingerprint density at radius 1 is 1.24 bits per heavy atom. The molecule has 2 nitrogen and oxygen atoms in total. The summed E-state index contributed by atoms with van der Waals surface area (Å²) in [6.45, 7) is 3.47. The Bertz CT molecular complexity index is 310. The highest BCUT2D eigenvalue weighted by Crippen LogP contribution is 2.39. The topological polar surface area (TPSA) is 29.1 Å². The molecule has 1 amide bonds. The van der Waals surface area contributed by atoms with Gasteiger partial charge in [0.2, 0.25) is 0 Å². The molecule has 1 aliphatic rings. The fourth-order valence-electron chi connectivity index (χ4n) is 1.97. The van der Waals surface area contributed by atoms with Crippen LogP contribution in [-0.2, 0) is 4.79 Å². The van der Waals surface area contributed by atoms with Crippen molar-refractivity contribution in [2.45, 2.75) is 51.3 Å². The van der Waals surface area contributed by atoms with Crippen LogP contribution in [0.15, 0.2) is 0 Å². The minimum atomic E-state index is -5.85. The van der Waals surface area contributed by atoms with E-state index in [1.54, 1.807) is 13.8 Å². The maximum atomic E-state index is 12.7. The standard InChI is InChI=1S/C10H14F5NO/c1-8(2)5-3-4-6(8)16-7(17)9(11,12)10(13,14)15/h6H,3-5H2,1-2H3,(H,16,17). The molecule has 1 atom stereocenters. The largest absolute Gasteiger partial charge is 0.463 e. The number of nitrogens with one attached hydrogen (secondary N) is 1. The Labute approximate surface area is 95.6 Å². The SMILES string of the molecule is CC1(C)CCCC1NC(=O)C(F)(F)C(F)(F)F. The predicted octanol–water partition coefficient (Wildman–Crippen LogP) is 2.88. The number of carbonyl (C=O) groups excluding carboxylic acids is 1. The van der Waals surface area contributed by atoms with E-state index in [-0.39, 0.29) is 0 Å². The first-order chi connectivity index (χ1) is 7.48. The Hall–Kier alpha value is -0.880. The van der Waals surface area contributed by atoms with Crippen LogP contribution in [0.25, 0.3) is 0 Å². The molecule has 1 N–H and O–H groups in total. The van der Waals surface area contributed by atoms with Gasteiger partial charge in [0.25, 0.3) is 0 Å². The fourth-order valence-corrected chi connectivity index (χ4v) is 1.97. The second-order valence-corrected chi connectivity index (χ2v) is 4.98. The summed E-state index contributed by atoms with van der Waals surface area (Å²) < 4.78 is 61.2. The number of rotatable bonds is 2. The zero-order valence-corrected chi connectivity index (χ0v) is 9.50. The summed E-state index contributed by atoms with van der Waals surface area (Å²) in [5.41, 5.74) is -0.447. The van der Waals surface area contributed by atoms with Gasteiger partial charge in [-0.05, 0) is 18.3 Å². The molecule has 17 heavy (non-hydrogen) atoms. The quantitative estimate of drug-likeness (QED) is 0.759. The molecule has 0 radical (unpaired) electrons. The van der Waals surface area contributed by atoms with Gasteiger partial charge < -0.3 is 5.32 Å². The van der Waals surface area contributed by atoms with Gasteiger partial charge in [0.1, 0.15) is 0 Å². The van der Waals surface area contributed by atoms with Crippen LogP contribution in [-0.4, -0.2) is 24.0 Å². The van der Waals surface area contributed by atoms with Crippen LogP contribution in [0, 0.1) is 5.41 Å². The number of hydrogen-bond donors (Lipinski definition) is 1. The monoisotopic (exact) mass is 259 g/mol. The van der Waals surface area contributed by atoms with E-state index in [0.717, 1.165) is 0 Å². The Kier molecular flexibility index (Phi) is 3.42. The van der Waals surface area contributed by atoms with Gasteiger partial charge >= 0.3 is 18.0 Å². The van der Waals surface area contributed by atoms with Crippen molar-refractivity contribution in [1.82, 2.24) is 5.32 Å². The molecule has 0 aliphatic heterocycles. The fraction of sp³-hybridized carbons (Fsp3) is 0.900. The van der Waals surface area contributed by atoms with E-state index < -0.39 is 29.5 Å². The summed E-state index contributed by atoms with van der Waals surface area (Å²) in [5, 5.41) is 1.81. The summed E-state index contributed by atoms with van der Waals surface area (Å²) in [5.74, 6) is -7.59. The maximum Gasteiger partial charge on any atom is 0.463 e. The minimum absolute atomic E-state index is 0.423. The normalized spacial score (nSPS) is 24.8. The molecular formula is C10H14F5NO. The van der Waals surface area contributed by atoms with E-state index in [0.29, 0.717) is 19.3 Å². The van der Waals surface area contributed by atoms with Crippen molar-refractivity contribution in [2.24, 2.45) is 5.41 Å². The molecule has 1 aliphatic carbocycles. The first kappa shape index (κ1) is 14.2. The van der Waals surface area contributed by atoms with Gasteiger partial charge in [-0.25, -0.2) is 0 Å². The van der Waals surface area contributed by atoms with Crippen molar-refractivity contribution >= 4 is 5.91 Å². The highest BCUT2D eigenvalue weighted by atomic mass is 19.4. The van der Waals surface area contributed by atoms with E-state index in [1.165, 1.54) is 0 Å². The van der Waals surface area contributed by atoms with Gasteiger partial charge in [0.05, 0.1) is 0 Å². The van der Waals surface area contributed by atoms with Gasteiger partial charge in [0, 0.05) is 6.04 Å². The lowest BCUT2D eigenvalue weighted by Gasteiger charge is -2.29. The Balaban J connectivity index is 2.73. The van der Waals surface area contributed by atoms with E-state index in [9.17, 15) is 26.7 Å². The van der Waals surface area contributed by atoms with Crippen molar-refractivity contribution in [3.8, 4) is 0 Å². The second-order valence-electron chi connectivity index (χ2n) is 4.98. The number of carbonyl (C=O) groups is 1. The van der Waals surface area contributed by atoms with E-state index in [2.05, 4.69) is 0 Å². The third-order valence-corrected chi connectivity index (χ3v) is 3.20. The number of alkyl halides is 5. The first-order valence-electron chi connectivity index (χ1n) is 5.24. The van der Waals surface area contributed by atoms with Crippen molar-refractivity contribution in [1.29, 1.82) is 0 Å². The van der Waals surface area contributed by atoms with Crippen LogP contribution in [0.1, 0.15) is 33.1 Å². The van der Waals surface area contributed by atoms with E-state index in [4.69, 9.17) is 0 Å². The van der Waals surface area contributed by atoms with E-state index >= 15 is 0 Å². The van der Waals surface area contributed by atoms with Gasteiger partial charge in [-0.1, -0.05) is 20.3 Å². The first-order valence-corrected chi connectivity index (χ1v) is 5.24. The molecular weight excluding hydrogens is 245 g/mol. The molecule has 1 rings (SSSR count).